The number of hydrogen-bond acceptors (Lipinski definition) is 9. The first kappa shape index (κ1) is 25.0. The molecule has 34 heavy (non-hydrogen) atoms. The Morgan fingerprint density at radius 3 is 2.71 bits per heavy atom. The average Bonchev–Trinajstić information content (AvgIpc) is 3.09. The van der Waals surface area contributed by atoms with Crippen LogP contribution in [0.5, 0.6) is 17.2 Å². The maximum Gasteiger partial charge on any atom is 0.479 e. The Morgan fingerprint density at radius 2 is 2.03 bits per heavy atom. The second-order valence-electron chi connectivity index (χ2n) is 7.77. The number of ketones is 2. The molecular formula is C21H20ClF3O8S. The summed E-state index contributed by atoms with van der Waals surface area (Å²) < 4.78 is 65.2. The van der Waals surface area contributed by atoms with Gasteiger partial charge in [0.15, 0.2) is 35.6 Å². The molecule has 13 heteroatoms. The van der Waals surface area contributed by atoms with E-state index in [1.54, 1.807) is 0 Å². The summed E-state index contributed by atoms with van der Waals surface area (Å²) in [5.41, 5.74) is -6.81. The molecule has 0 bridgehead atoms. The monoisotopic (exact) mass is 524 g/mol. The van der Waals surface area contributed by atoms with Crippen molar-refractivity contribution in [1.82, 2.24) is 0 Å². The van der Waals surface area contributed by atoms with Crippen LogP contribution in [-0.2, 0) is 14.3 Å². The lowest BCUT2D eigenvalue weighted by Crippen LogP contribution is -2.45. The summed E-state index contributed by atoms with van der Waals surface area (Å²) in [4.78, 5) is 25.0. The van der Waals surface area contributed by atoms with Crippen LogP contribution in [0.2, 0.25) is 5.02 Å². The van der Waals surface area contributed by atoms with E-state index in [0.29, 0.717) is 6.61 Å². The van der Waals surface area contributed by atoms with Crippen LogP contribution in [0.4, 0.5) is 13.2 Å². The zero-order valence-corrected chi connectivity index (χ0v) is 19.2. The van der Waals surface area contributed by atoms with Crippen LogP contribution in [-0.4, -0.2) is 53.9 Å². The average molecular weight is 525 g/mol. The highest BCUT2D eigenvalue weighted by Crippen LogP contribution is 2.53. The number of Topliss-reactive ketones (excluding diaryl/α,β-unsaturated/α-hetero) is 1. The van der Waals surface area contributed by atoms with Gasteiger partial charge in [0.2, 0.25) is 11.4 Å². The zero-order chi connectivity index (χ0) is 24.5. The fourth-order valence-electron chi connectivity index (χ4n) is 3.86. The molecule has 0 radical (unpaired) electrons. The number of carbonyl (C=O) groups is 2. The number of ether oxygens (including phenoxy) is 4. The van der Waals surface area contributed by atoms with Crippen molar-refractivity contribution in [2.24, 2.45) is 0 Å². The number of aliphatic hydroxyl groups is 1. The lowest BCUT2D eigenvalue weighted by molar-refractivity contribution is -0.165. The fourth-order valence-corrected chi connectivity index (χ4v) is 4.45. The lowest BCUT2D eigenvalue weighted by atomic mass is 9.83. The van der Waals surface area contributed by atoms with E-state index in [2.05, 4.69) is 0 Å². The maximum absolute atomic E-state index is 13.3. The molecule has 2 aliphatic heterocycles. The standard InChI is InChI=1S/C21H20ClF3O8S/c22-17-13(33-34-21(23,24)25)10-12(29-7-8-31-15-3-1-2-6-30-15)16-18(17)32-20(19(16)28)5-4-11(26)9-14(20)27/h9-10,15,27H,1-8H2/t15?,20-/m0/s1. The third-order valence-corrected chi connectivity index (χ3v) is 6.27. The fraction of sp³-hybridized carbons (Fsp3) is 0.524. The van der Waals surface area contributed by atoms with E-state index in [-0.39, 0.29) is 49.4 Å². The van der Waals surface area contributed by atoms with Gasteiger partial charge in [-0.1, -0.05) is 11.6 Å². The van der Waals surface area contributed by atoms with Crippen molar-refractivity contribution < 1.29 is 51.0 Å². The van der Waals surface area contributed by atoms with Crippen molar-refractivity contribution in [1.29, 1.82) is 0 Å². The zero-order valence-electron chi connectivity index (χ0n) is 17.6. The number of halogens is 4. The summed E-state index contributed by atoms with van der Waals surface area (Å²) in [6.45, 7) is 0.594. The summed E-state index contributed by atoms with van der Waals surface area (Å²) >= 11 is 5.42. The third-order valence-electron chi connectivity index (χ3n) is 5.46. The molecule has 1 aliphatic carbocycles. The SMILES string of the molecule is O=C1C=C(O)[C@]2(CC1)Oc1c(Cl)c(OSC(F)(F)F)cc(OCCOC3CCCCO3)c1C2=O. The van der Waals surface area contributed by atoms with Gasteiger partial charge >= 0.3 is 5.51 Å². The van der Waals surface area contributed by atoms with Crippen LogP contribution >= 0.6 is 23.6 Å². The van der Waals surface area contributed by atoms with Gasteiger partial charge in [0.05, 0.1) is 6.61 Å². The van der Waals surface area contributed by atoms with E-state index in [4.69, 9.17) is 34.7 Å². The Labute approximate surface area is 201 Å². The molecule has 1 spiro atoms. The molecular weight excluding hydrogens is 505 g/mol. The molecule has 0 amide bonds. The molecule has 2 atom stereocenters. The quantitative estimate of drug-likeness (QED) is 0.393. The van der Waals surface area contributed by atoms with E-state index in [0.717, 1.165) is 31.4 Å². The van der Waals surface area contributed by atoms with E-state index in [1.165, 1.54) is 0 Å². The molecule has 1 aromatic carbocycles. The highest BCUT2D eigenvalue weighted by Gasteiger charge is 2.55. The van der Waals surface area contributed by atoms with Gasteiger partial charge in [-0.3, -0.25) is 9.59 Å². The van der Waals surface area contributed by atoms with Gasteiger partial charge < -0.3 is 28.2 Å². The number of hydrogen-bond donors (Lipinski definition) is 1. The second-order valence-corrected chi connectivity index (χ2v) is 8.95. The maximum atomic E-state index is 13.3. The smallest absolute Gasteiger partial charge is 0.479 e. The molecule has 0 saturated carbocycles. The number of rotatable bonds is 7. The van der Waals surface area contributed by atoms with Crippen molar-refractivity contribution in [3.8, 4) is 17.2 Å². The molecule has 3 aliphatic rings. The first-order valence-electron chi connectivity index (χ1n) is 10.4. The van der Waals surface area contributed by atoms with E-state index >= 15 is 0 Å². The Bertz CT molecular complexity index is 1010. The Hall–Kier alpha value is -2.15. The summed E-state index contributed by atoms with van der Waals surface area (Å²) in [7, 11) is 0. The molecule has 186 valence electrons. The number of fused-ring (bicyclic) bond motifs is 1. The molecule has 1 aromatic rings. The predicted octanol–water partition coefficient (Wildman–Crippen LogP) is 4.93. The van der Waals surface area contributed by atoms with Crippen molar-refractivity contribution in [3.63, 3.8) is 0 Å². The summed E-state index contributed by atoms with van der Waals surface area (Å²) in [5, 5.41) is 9.98. The van der Waals surface area contributed by atoms with Gasteiger partial charge in [-0.15, -0.1) is 0 Å². The van der Waals surface area contributed by atoms with Crippen molar-refractivity contribution in [3.05, 3.63) is 28.5 Å². The highest BCUT2D eigenvalue weighted by atomic mass is 35.5. The molecule has 1 unspecified atom stereocenters. The topological polar surface area (TPSA) is 101 Å². The molecule has 8 nitrogen and oxygen atoms in total. The van der Waals surface area contributed by atoms with Crippen LogP contribution in [0.1, 0.15) is 42.5 Å². The normalized spacial score (nSPS) is 24.6. The summed E-state index contributed by atoms with van der Waals surface area (Å²) in [5.74, 6) is -2.64. The summed E-state index contributed by atoms with van der Waals surface area (Å²) in [6, 6.07) is 1.05. The highest BCUT2D eigenvalue weighted by molar-refractivity contribution is 7.95. The second kappa shape index (κ2) is 9.84. The van der Waals surface area contributed by atoms with Gasteiger partial charge in [0.1, 0.15) is 28.7 Å². The minimum atomic E-state index is -4.72. The van der Waals surface area contributed by atoms with E-state index in [9.17, 15) is 27.9 Å². The van der Waals surface area contributed by atoms with Crippen molar-refractivity contribution in [2.45, 2.75) is 49.5 Å². The van der Waals surface area contributed by atoms with Gasteiger partial charge in [0, 0.05) is 31.6 Å². The largest absolute Gasteiger partial charge is 0.507 e. The number of carbonyl (C=O) groups excluding carboxylic acids is 2. The molecule has 2 heterocycles. The van der Waals surface area contributed by atoms with E-state index < -0.39 is 51.2 Å². The van der Waals surface area contributed by atoms with Gasteiger partial charge in [-0.2, -0.15) is 13.2 Å². The minimum Gasteiger partial charge on any atom is -0.507 e. The van der Waals surface area contributed by atoms with Crippen LogP contribution in [0, 0.1) is 0 Å². The van der Waals surface area contributed by atoms with Crippen molar-refractivity contribution in [2.75, 3.05) is 19.8 Å². The third kappa shape index (κ3) is 5.09. The molecule has 1 N–H and O–H groups in total. The van der Waals surface area contributed by atoms with Crippen molar-refractivity contribution >= 4 is 35.2 Å². The summed E-state index contributed by atoms with van der Waals surface area (Å²) in [6.07, 6.45) is 2.88. The molecule has 0 aromatic heterocycles. The van der Waals surface area contributed by atoms with Gasteiger partial charge in [-0.05, 0) is 19.3 Å². The Kier molecular flexibility index (Phi) is 7.22. The number of alkyl halides is 3. The van der Waals surface area contributed by atoms with Crippen LogP contribution < -0.4 is 13.7 Å². The van der Waals surface area contributed by atoms with Crippen LogP contribution in [0.3, 0.4) is 0 Å². The molecule has 1 fully saturated rings. The van der Waals surface area contributed by atoms with Crippen LogP contribution in [0.15, 0.2) is 17.9 Å². The molecule has 4 rings (SSSR count). The first-order valence-corrected chi connectivity index (χ1v) is 11.6. The number of benzene rings is 1. The predicted molar refractivity (Wildman–Crippen MR) is 113 cm³/mol. The molecule has 1 saturated heterocycles. The van der Waals surface area contributed by atoms with Crippen LogP contribution in [0.25, 0.3) is 0 Å². The number of aliphatic hydroxyl groups excluding tert-OH is 1. The minimum absolute atomic E-state index is 0.0691. The first-order chi connectivity index (χ1) is 16.1. The van der Waals surface area contributed by atoms with E-state index in [1.807, 2.05) is 0 Å². The number of allylic oxidation sites excluding steroid dienone is 1. The van der Waals surface area contributed by atoms with Gasteiger partial charge in [-0.25, -0.2) is 0 Å². The Balaban J connectivity index is 1.60. The Morgan fingerprint density at radius 1 is 1.24 bits per heavy atom. The lowest BCUT2D eigenvalue weighted by Gasteiger charge is -2.28. The van der Waals surface area contributed by atoms with Gasteiger partial charge in [0.25, 0.3) is 0 Å².